The fraction of sp³-hybridized carbons (Fsp3) is 0.778. The summed E-state index contributed by atoms with van der Waals surface area (Å²) in [6, 6.07) is 0. The van der Waals surface area contributed by atoms with Crippen LogP contribution in [0.1, 0.15) is 13.8 Å². The van der Waals surface area contributed by atoms with Gasteiger partial charge in [-0.25, -0.2) is 4.79 Å². The second-order valence-corrected chi connectivity index (χ2v) is 3.49. The molecule has 2 heterocycles. The maximum absolute atomic E-state index is 11.4. The van der Waals surface area contributed by atoms with Crippen LogP contribution >= 0.6 is 0 Å². The molecule has 0 amide bonds. The van der Waals surface area contributed by atoms with E-state index < -0.39 is 0 Å². The maximum Gasteiger partial charge on any atom is 0.354 e. The molecule has 2 aliphatic heterocycles. The molecule has 0 radical (unpaired) electrons. The molecule has 0 spiro atoms. The van der Waals surface area contributed by atoms with Crippen LogP contribution in [0.25, 0.3) is 0 Å². The molecule has 2 rings (SSSR count). The van der Waals surface area contributed by atoms with E-state index in [1.54, 1.807) is 6.92 Å². The number of ether oxygens (including phenoxy) is 2. The second kappa shape index (κ2) is 3.57. The van der Waals surface area contributed by atoms with Crippen LogP contribution in [0.5, 0.6) is 0 Å². The van der Waals surface area contributed by atoms with Gasteiger partial charge in [-0.2, -0.15) is 5.10 Å². The van der Waals surface area contributed by atoms with Gasteiger partial charge in [-0.1, -0.05) is 0 Å². The van der Waals surface area contributed by atoms with Crippen molar-refractivity contribution in [3.63, 3.8) is 0 Å². The van der Waals surface area contributed by atoms with Crippen molar-refractivity contribution in [3.05, 3.63) is 0 Å². The molecule has 0 aliphatic carbocycles. The van der Waals surface area contributed by atoms with Gasteiger partial charge in [-0.05, 0) is 13.8 Å². The summed E-state index contributed by atoms with van der Waals surface area (Å²) in [4.78, 5) is 11.4. The molecular formula is C9H14N2O3. The number of epoxide rings is 1. The number of rotatable bonds is 3. The van der Waals surface area contributed by atoms with Crippen molar-refractivity contribution >= 4 is 11.7 Å². The van der Waals surface area contributed by atoms with Gasteiger partial charge in [0.2, 0.25) is 0 Å². The van der Waals surface area contributed by atoms with E-state index in [2.05, 4.69) is 10.5 Å². The fourth-order valence-corrected chi connectivity index (χ4v) is 1.71. The molecule has 0 bridgehead atoms. The van der Waals surface area contributed by atoms with E-state index in [4.69, 9.17) is 9.47 Å². The zero-order valence-corrected chi connectivity index (χ0v) is 8.32. The molecule has 3 unspecified atom stereocenters. The van der Waals surface area contributed by atoms with Crippen LogP contribution in [-0.4, -0.2) is 37.0 Å². The van der Waals surface area contributed by atoms with Gasteiger partial charge in [0.15, 0.2) is 5.71 Å². The van der Waals surface area contributed by atoms with Crippen molar-refractivity contribution in [2.45, 2.75) is 26.1 Å². The summed E-state index contributed by atoms with van der Waals surface area (Å²) < 4.78 is 10.2. The van der Waals surface area contributed by atoms with Crippen LogP contribution in [0.4, 0.5) is 0 Å². The molecule has 14 heavy (non-hydrogen) atoms. The standard InChI is InChI=1S/C9H14N2O3/c1-3-13-9(12)7-6(4-10-11-7)8-5(2)14-8/h5-6,8,10H,3-4H2,1-2H3. The quantitative estimate of drug-likeness (QED) is 0.508. The van der Waals surface area contributed by atoms with Gasteiger partial charge in [-0.3, -0.25) is 0 Å². The lowest BCUT2D eigenvalue weighted by Gasteiger charge is -2.07. The highest BCUT2D eigenvalue weighted by molar-refractivity contribution is 6.37. The minimum absolute atomic E-state index is 0.0593. The Morgan fingerprint density at radius 1 is 1.79 bits per heavy atom. The van der Waals surface area contributed by atoms with E-state index in [1.165, 1.54) is 0 Å². The van der Waals surface area contributed by atoms with E-state index in [-0.39, 0.29) is 24.1 Å². The summed E-state index contributed by atoms with van der Waals surface area (Å²) in [5.74, 6) is -0.269. The predicted molar refractivity (Wildman–Crippen MR) is 49.9 cm³/mol. The first-order valence-electron chi connectivity index (χ1n) is 4.87. The van der Waals surface area contributed by atoms with Gasteiger partial charge in [-0.15, -0.1) is 0 Å². The van der Waals surface area contributed by atoms with Gasteiger partial charge in [0.1, 0.15) is 0 Å². The predicted octanol–water partition coefficient (Wildman–Crippen LogP) is -0.0878. The monoisotopic (exact) mass is 198 g/mol. The summed E-state index contributed by atoms with van der Waals surface area (Å²) in [5, 5.41) is 3.94. The van der Waals surface area contributed by atoms with E-state index in [1.807, 2.05) is 6.92 Å². The zero-order valence-electron chi connectivity index (χ0n) is 8.32. The first-order chi connectivity index (χ1) is 6.74. The van der Waals surface area contributed by atoms with E-state index >= 15 is 0 Å². The number of hydrogen-bond donors (Lipinski definition) is 1. The van der Waals surface area contributed by atoms with Crippen LogP contribution in [-0.2, 0) is 14.3 Å². The molecule has 0 saturated carbocycles. The minimum Gasteiger partial charge on any atom is -0.461 e. The number of carbonyl (C=O) groups is 1. The van der Waals surface area contributed by atoms with Crippen LogP contribution in [0.3, 0.4) is 0 Å². The minimum atomic E-state index is -0.329. The zero-order chi connectivity index (χ0) is 10.1. The highest BCUT2D eigenvalue weighted by atomic mass is 16.6. The molecule has 0 aromatic rings. The molecule has 0 aromatic carbocycles. The van der Waals surface area contributed by atoms with Gasteiger partial charge < -0.3 is 14.9 Å². The summed E-state index contributed by atoms with van der Waals surface area (Å²) >= 11 is 0. The Labute approximate surface area is 82.5 Å². The largest absolute Gasteiger partial charge is 0.461 e. The number of carbonyl (C=O) groups excluding carboxylic acids is 1. The molecule has 5 heteroatoms. The molecule has 0 aromatic heterocycles. The Hall–Kier alpha value is -1.10. The lowest BCUT2D eigenvalue weighted by Crippen LogP contribution is -2.29. The first kappa shape index (κ1) is 9.45. The van der Waals surface area contributed by atoms with Gasteiger partial charge >= 0.3 is 5.97 Å². The third kappa shape index (κ3) is 1.59. The molecule has 1 fully saturated rings. The van der Waals surface area contributed by atoms with Crippen LogP contribution in [0.15, 0.2) is 5.10 Å². The molecule has 2 aliphatic rings. The first-order valence-corrected chi connectivity index (χ1v) is 4.87. The molecule has 1 N–H and O–H groups in total. The lowest BCUT2D eigenvalue weighted by atomic mass is 9.99. The van der Waals surface area contributed by atoms with Crippen molar-refractivity contribution in [1.82, 2.24) is 5.43 Å². The summed E-state index contributed by atoms with van der Waals surface area (Å²) in [6.07, 6.45) is 0.368. The second-order valence-electron chi connectivity index (χ2n) is 3.49. The third-order valence-electron chi connectivity index (χ3n) is 2.50. The van der Waals surface area contributed by atoms with Crippen LogP contribution < -0.4 is 5.43 Å². The van der Waals surface area contributed by atoms with Gasteiger partial charge in [0, 0.05) is 6.54 Å². The molecule has 3 atom stereocenters. The molecule has 1 saturated heterocycles. The summed E-state index contributed by atoms with van der Waals surface area (Å²) in [6.45, 7) is 4.83. The number of nitrogens with zero attached hydrogens (tertiary/aromatic N) is 1. The number of hydrazone groups is 1. The fourth-order valence-electron chi connectivity index (χ4n) is 1.71. The average molecular weight is 198 g/mol. The average Bonchev–Trinajstić information content (AvgIpc) is 2.70. The normalized spacial score (nSPS) is 34.7. The molecular weight excluding hydrogens is 184 g/mol. The number of nitrogens with one attached hydrogen (secondary N) is 1. The third-order valence-corrected chi connectivity index (χ3v) is 2.50. The van der Waals surface area contributed by atoms with Gasteiger partial charge in [0.05, 0.1) is 24.7 Å². The maximum atomic E-state index is 11.4. The van der Waals surface area contributed by atoms with Crippen molar-refractivity contribution in [3.8, 4) is 0 Å². The van der Waals surface area contributed by atoms with E-state index in [0.29, 0.717) is 18.9 Å². The van der Waals surface area contributed by atoms with Crippen LogP contribution in [0.2, 0.25) is 0 Å². The molecule has 5 nitrogen and oxygen atoms in total. The van der Waals surface area contributed by atoms with Crippen molar-refractivity contribution in [2.24, 2.45) is 11.0 Å². The summed E-state index contributed by atoms with van der Waals surface area (Å²) in [7, 11) is 0. The van der Waals surface area contributed by atoms with Crippen molar-refractivity contribution in [1.29, 1.82) is 0 Å². The Kier molecular flexibility index (Phi) is 2.41. The smallest absolute Gasteiger partial charge is 0.354 e. The van der Waals surface area contributed by atoms with E-state index in [9.17, 15) is 4.79 Å². The van der Waals surface area contributed by atoms with Crippen molar-refractivity contribution in [2.75, 3.05) is 13.2 Å². The van der Waals surface area contributed by atoms with Crippen LogP contribution in [0, 0.1) is 5.92 Å². The Morgan fingerprint density at radius 3 is 3.07 bits per heavy atom. The number of hydrogen-bond acceptors (Lipinski definition) is 5. The Bertz CT molecular complexity index is 277. The highest BCUT2D eigenvalue weighted by Gasteiger charge is 2.47. The highest BCUT2D eigenvalue weighted by Crippen LogP contribution is 2.31. The van der Waals surface area contributed by atoms with Crippen molar-refractivity contribution < 1.29 is 14.3 Å². The lowest BCUT2D eigenvalue weighted by molar-refractivity contribution is -0.135. The summed E-state index contributed by atoms with van der Waals surface area (Å²) in [5.41, 5.74) is 3.28. The number of esters is 1. The molecule has 78 valence electrons. The SMILES string of the molecule is CCOC(=O)C1=NNCC1C1OC1C. The Morgan fingerprint density at radius 2 is 2.50 bits per heavy atom. The topological polar surface area (TPSA) is 63.2 Å². The Balaban J connectivity index is 1.99. The van der Waals surface area contributed by atoms with Gasteiger partial charge in [0.25, 0.3) is 0 Å². The van der Waals surface area contributed by atoms with E-state index in [0.717, 1.165) is 0 Å².